The van der Waals surface area contributed by atoms with Gasteiger partial charge in [0.1, 0.15) is 16.1 Å². The van der Waals surface area contributed by atoms with Crippen LogP contribution in [0.15, 0.2) is 28.9 Å². The standard InChI is InChI=1S/C13H9BrF4N2O2/c1-22-12(21)8-4-2-3-7(11(8)15)6-20-9(13(16,17)18)5-10(14)19-20/h2-5H,6H2,1H3. The highest BCUT2D eigenvalue weighted by molar-refractivity contribution is 9.10. The van der Waals surface area contributed by atoms with Crippen LogP contribution in [0.2, 0.25) is 0 Å². The Labute approximate surface area is 130 Å². The molecule has 0 radical (unpaired) electrons. The number of hydrogen-bond acceptors (Lipinski definition) is 3. The average Bonchev–Trinajstić information content (AvgIpc) is 2.81. The van der Waals surface area contributed by atoms with E-state index in [2.05, 4.69) is 25.8 Å². The van der Waals surface area contributed by atoms with Gasteiger partial charge in [0.2, 0.25) is 0 Å². The molecule has 0 aliphatic carbocycles. The maximum absolute atomic E-state index is 14.2. The molecular weight excluding hydrogens is 372 g/mol. The second kappa shape index (κ2) is 6.07. The number of nitrogens with zero attached hydrogens (tertiary/aromatic N) is 2. The lowest BCUT2D eigenvalue weighted by Gasteiger charge is -2.11. The molecule has 0 spiro atoms. The summed E-state index contributed by atoms with van der Waals surface area (Å²) in [6.45, 7) is -0.475. The number of alkyl halides is 3. The van der Waals surface area contributed by atoms with Crippen molar-refractivity contribution in [2.24, 2.45) is 0 Å². The van der Waals surface area contributed by atoms with Crippen molar-refractivity contribution in [3.8, 4) is 0 Å². The molecule has 0 saturated heterocycles. The van der Waals surface area contributed by atoms with E-state index in [0.717, 1.165) is 13.2 Å². The monoisotopic (exact) mass is 380 g/mol. The van der Waals surface area contributed by atoms with Crippen molar-refractivity contribution in [2.45, 2.75) is 12.7 Å². The Balaban J connectivity index is 2.43. The first-order valence-electron chi connectivity index (χ1n) is 5.90. The van der Waals surface area contributed by atoms with Gasteiger partial charge in [0.05, 0.1) is 19.2 Å². The van der Waals surface area contributed by atoms with Crippen molar-refractivity contribution in [2.75, 3.05) is 7.11 Å². The van der Waals surface area contributed by atoms with E-state index in [-0.39, 0.29) is 15.7 Å². The first-order valence-corrected chi connectivity index (χ1v) is 6.69. The molecule has 0 bridgehead atoms. The first kappa shape index (κ1) is 16.5. The number of rotatable bonds is 3. The van der Waals surface area contributed by atoms with Gasteiger partial charge in [-0.05, 0) is 22.0 Å². The number of esters is 1. The Kier molecular flexibility index (Phi) is 4.55. The molecule has 22 heavy (non-hydrogen) atoms. The molecule has 2 rings (SSSR count). The van der Waals surface area contributed by atoms with Gasteiger partial charge in [-0.1, -0.05) is 12.1 Å². The van der Waals surface area contributed by atoms with Crippen LogP contribution in [0.1, 0.15) is 21.6 Å². The van der Waals surface area contributed by atoms with Crippen molar-refractivity contribution in [1.82, 2.24) is 9.78 Å². The van der Waals surface area contributed by atoms with Gasteiger partial charge in [-0.15, -0.1) is 0 Å². The number of halogens is 5. The number of methoxy groups -OCH3 is 1. The number of hydrogen-bond donors (Lipinski definition) is 0. The van der Waals surface area contributed by atoms with Crippen LogP contribution >= 0.6 is 15.9 Å². The third-order valence-corrected chi connectivity index (χ3v) is 3.23. The van der Waals surface area contributed by atoms with E-state index >= 15 is 0 Å². The quantitative estimate of drug-likeness (QED) is 0.603. The van der Waals surface area contributed by atoms with Crippen LogP contribution in [-0.4, -0.2) is 22.9 Å². The van der Waals surface area contributed by atoms with Gasteiger partial charge in [0.25, 0.3) is 0 Å². The molecule has 0 aliphatic rings. The molecule has 1 aromatic heterocycles. The fourth-order valence-electron chi connectivity index (χ4n) is 1.86. The highest BCUT2D eigenvalue weighted by Gasteiger charge is 2.35. The molecule has 0 fully saturated rings. The maximum Gasteiger partial charge on any atom is 0.433 e. The zero-order valence-electron chi connectivity index (χ0n) is 11.1. The molecule has 0 saturated carbocycles. The van der Waals surface area contributed by atoms with Gasteiger partial charge in [-0.25, -0.2) is 9.18 Å². The van der Waals surface area contributed by atoms with E-state index in [0.29, 0.717) is 4.68 Å². The molecule has 0 N–H and O–H groups in total. The fraction of sp³-hybridized carbons (Fsp3) is 0.231. The van der Waals surface area contributed by atoms with Crippen molar-refractivity contribution >= 4 is 21.9 Å². The average molecular weight is 381 g/mol. The van der Waals surface area contributed by atoms with Crippen LogP contribution in [0.4, 0.5) is 17.6 Å². The van der Waals surface area contributed by atoms with Crippen molar-refractivity contribution in [3.05, 3.63) is 51.5 Å². The van der Waals surface area contributed by atoms with Crippen LogP contribution < -0.4 is 0 Å². The lowest BCUT2D eigenvalue weighted by molar-refractivity contribution is -0.144. The molecule has 4 nitrogen and oxygen atoms in total. The minimum atomic E-state index is -4.63. The van der Waals surface area contributed by atoms with Crippen molar-refractivity contribution in [3.63, 3.8) is 0 Å². The minimum absolute atomic E-state index is 0.0237. The van der Waals surface area contributed by atoms with Gasteiger partial charge in [-0.3, -0.25) is 4.68 Å². The third-order valence-electron chi connectivity index (χ3n) is 2.84. The molecule has 118 valence electrons. The Bertz CT molecular complexity index is 713. The normalized spacial score (nSPS) is 11.5. The van der Waals surface area contributed by atoms with Crippen LogP contribution in [0.3, 0.4) is 0 Å². The van der Waals surface area contributed by atoms with Gasteiger partial charge in [0, 0.05) is 11.6 Å². The lowest BCUT2D eigenvalue weighted by Crippen LogP contribution is -2.16. The van der Waals surface area contributed by atoms with Crippen LogP contribution in [0.5, 0.6) is 0 Å². The second-order valence-corrected chi connectivity index (χ2v) is 5.09. The Morgan fingerprint density at radius 2 is 2.09 bits per heavy atom. The summed E-state index contributed by atoms with van der Waals surface area (Å²) in [6, 6.07) is 4.62. The number of carbonyl (C=O) groups excluding carboxylic acids is 1. The summed E-state index contributed by atoms with van der Waals surface area (Å²) in [6.07, 6.45) is -4.63. The summed E-state index contributed by atoms with van der Waals surface area (Å²) in [7, 11) is 1.08. The van der Waals surface area contributed by atoms with E-state index in [1.807, 2.05) is 0 Å². The van der Waals surface area contributed by atoms with Crippen molar-refractivity contribution < 1.29 is 27.1 Å². The Hall–Kier alpha value is -1.90. The van der Waals surface area contributed by atoms with E-state index in [9.17, 15) is 22.4 Å². The molecule has 2 aromatic rings. The molecule has 0 atom stereocenters. The fourth-order valence-corrected chi connectivity index (χ4v) is 2.27. The van der Waals surface area contributed by atoms with Crippen LogP contribution in [0, 0.1) is 5.82 Å². The van der Waals surface area contributed by atoms with Crippen LogP contribution in [-0.2, 0) is 17.5 Å². The van der Waals surface area contributed by atoms with E-state index in [1.54, 1.807) is 0 Å². The lowest BCUT2D eigenvalue weighted by atomic mass is 10.1. The third kappa shape index (κ3) is 3.29. The molecule has 1 heterocycles. The van der Waals surface area contributed by atoms with Crippen molar-refractivity contribution in [1.29, 1.82) is 0 Å². The van der Waals surface area contributed by atoms with E-state index in [4.69, 9.17) is 0 Å². The zero-order chi connectivity index (χ0) is 16.5. The second-order valence-electron chi connectivity index (χ2n) is 4.28. The van der Waals surface area contributed by atoms with Gasteiger partial charge < -0.3 is 4.74 Å². The van der Waals surface area contributed by atoms with E-state index < -0.39 is 30.2 Å². The number of benzene rings is 1. The van der Waals surface area contributed by atoms with Crippen LogP contribution in [0.25, 0.3) is 0 Å². The Morgan fingerprint density at radius 3 is 2.68 bits per heavy atom. The predicted octanol–water partition coefficient (Wildman–Crippen LogP) is 3.64. The summed E-state index contributed by atoms with van der Waals surface area (Å²) < 4.78 is 57.8. The zero-order valence-corrected chi connectivity index (χ0v) is 12.7. The smallest absolute Gasteiger partial charge is 0.433 e. The summed E-state index contributed by atoms with van der Waals surface area (Å²) in [5, 5.41) is 3.64. The molecule has 9 heteroatoms. The topological polar surface area (TPSA) is 44.1 Å². The summed E-state index contributed by atoms with van der Waals surface area (Å²) in [4.78, 5) is 11.4. The summed E-state index contributed by atoms with van der Waals surface area (Å²) >= 11 is 2.86. The van der Waals surface area contributed by atoms with E-state index in [1.165, 1.54) is 18.2 Å². The molecule has 0 amide bonds. The molecule has 0 unspecified atom stereocenters. The SMILES string of the molecule is COC(=O)c1cccc(Cn2nc(Br)cc2C(F)(F)F)c1F. The minimum Gasteiger partial charge on any atom is -0.465 e. The highest BCUT2D eigenvalue weighted by atomic mass is 79.9. The Morgan fingerprint density at radius 1 is 1.41 bits per heavy atom. The predicted molar refractivity (Wildman–Crippen MR) is 71.8 cm³/mol. The van der Waals surface area contributed by atoms with Gasteiger partial charge in [-0.2, -0.15) is 18.3 Å². The maximum atomic E-state index is 14.2. The van der Waals surface area contributed by atoms with Gasteiger partial charge >= 0.3 is 12.1 Å². The first-order chi connectivity index (χ1) is 10.2. The summed E-state index contributed by atoms with van der Waals surface area (Å²) in [5.74, 6) is -1.84. The number of carbonyl (C=O) groups is 1. The highest BCUT2D eigenvalue weighted by Crippen LogP contribution is 2.31. The molecular formula is C13H9BrF4N2O2. The number of aromatic nitrogens is 2. The number of ether oxygens (including phenoxy) is 1. The van der Waals surface area contributed by atoms with Gasteiger partial charge in [0.15, 0.2) is 0 Å². The molecule has 0 aliphatic heterocycles. The molecule has 1 aromatic carbocycles. The largest absolute Gasteiger partial charge is 0.465 e. The summed E-state index contributed by atoms with van der Waals surface area (Å²) in [5.41, 5.74) is -1.48.